The minimum Gasteiger partial charge on any atom is -0.487 e. The molecule has 0 saturated heterocycles. The van der Waals surface area contributed by atoms with E-state index in [2.05, 4.69) is 10.3 Å². The average Bonchev–Trinajstić information content (AvgIpc) is 2.53. The van der Waals surface area contributed by atoms with Gasteiger partial charge in [-0.25, -0.2) is 14.2 Å². The molecule has 2 N–H and O–H groups in total. The molecule has 0 aliphatic heterocycles. The van der Waals surface area contributed by atoms with Crippen molar-refractivity contribution in [1.29, 1.82) is 0 Å². The highest BCUT2D eigenvalue weighted by molar-refractivity contribution is 5.82. The van der Waals surface area contributed by atoms with Gasteiger partial charge in [-0.3, -0.25) is 5.32 Å². The van der Waals surface area contributed by atoms with E-state index in [1.54, 1.807) is 42.5 Å². The van der Waals surface area contributed by atoms with Crippen LogP contribution >= 0.6 is 0 Å². The molecule has 0 saturated carbocycles. The zero-order valence-corrected chi connectivity index (χ0v) is 12.0. The van der Waals surface area contributed by atoms with Gasteiger partial charge in [0.1, 0.15) is 18.2 Å². The summed E-state index contributed by atoms with van der Waals surface area (Å²) in [5.74, 6) is 0.306. The number of amides is 1. The van der Waals surface area contributed by atoms with E-state index < -0.39 is 6.09 Å². The summed E-state index contributed by atoms with van der Waals surface area (Å²) in [5.41, 5.74) is 1.89. The predicted octanol–water partition coefficient (Wildman–Crippen LogP) is 4.04. The fourth-order valence-electron chi connectivity index (χ4n) is 2.13. The largest absolute Gasteiger partial charge is 0.487 e. The van der Waals surface area contributed by atoms with Gasteiger partial charge < -0.3 is 9.84 Å². The van der Waals surface area contributed by atoms with Gasteiger partial charge >= 0.3 is 6.09 Å². The monoisotopic (exact) mass is 312 g/mol. The molecule has 3 rings (SSSR count). The average molecular weight is 312 g/mol. The first kappa shape index (κ1) is 14.8. The standard InChI is InChI=1S/C17H13FN2O3/c18-12-2-8-16-11(9-12)1-3-14(19-16)10-23-15-6-4-13(5-7-15)20-17(21)22/h1-9,20H,10H2,(H,21,22). The molecule has 0 unspecified atom stereocenters. The summed E-state index contributed by atoms with van der Waals surface area (Å²) in [7, 11) is 0. The number of carboxylic acid groups (broad SMARTS) is 1. The van der Waals surface area contributed by atoms with Crippen LogP contribution in [0.4, 0.5) is 14.9 Å². The molecular formula is C17H13FN2O3. The van der Waals surface area contributed by atoms with E-state index in [-0.39, 0.29) is 12.4 Å². The molecule has 0 atom stereocenters. The first-order chi connectivity index (χ1) is 11.1. The van der Waals surface area contributed by atoms with Crippen LogP contribution in [0.5, 0.6) is 5.75 Å². The van der Waals surface area contributed by atoms with E-state index in [1.165, 1.54) is 12.1 Å². The van der Waals surface area contributed by atoms with Crippen LogP contribution in [0.15, 0.2) is 54.6 Å². The van der Waals surface area contributed by atoms with Crippen LogP contribution in [0.25, 0.3) is 10.9 Å². The lowest BCUT2D eigenvalue weighted by Crippen LogP contribution is -2.06. The lowest BCUT2D eigenvalue weighted by atomic mass is 10.2. The van der Waals surface area contributed by atoms with Gasteiger partial charge in [0.2, 0.25) is 0 Å². The predicted molar refractivity (Wildman–Crippen MR) is 84.1 cm³/mol. The first-order valence-corrected chi connectivity index (χ1v) is 6.88. The molecule has 116 valence electrons. The molecule has 0 aliphatic rings. The number of fused-ring (bicyclic) bond motifs is 1. The Bertz CT molecular complexity index is 850. The fraction of sp³-hybridized carbons (Fsp3) is 0.0588. The normalized spacial score (nSPS) is 10.5. The Morgan fingerprint density at radius 3 is 2.65 bits per heavy atom. The van der Waals surface area contributed by atoms with Crippen molar-refractivity contribution in [3.8, 4) is 5.75 Å². The maximum atomic E-state index is 13.1. The van der Waals surface area contributed by atoms with Crippen LogP contribution in [0.3, 0.4) is 0 Å². The van der Waals surface area contributed by atoms with E-state index in [0.717, 1.165) is 11.1 Å². The number of hydrogen-bond acceptors (Lipinski definition) is 3. The number of halogens is 1. The zero-order chi connectivity index (χ0) is 16.2. The highest BCUT2D eigenvalue weighted by Crippen LogP contribution is 2.18. The van der Waals surface area contributed by atoms with Crippen LogP contribution in [-0.4, -0.2) is 16.2 Å². The molecule has 0 bridgehead atoms. The summed E-state index contributed by atoms with van der Waals surface area (Å²) in [6, 6.07) is 14.6. The number of ether oxygens (including phenoxy) is 1. The Balaban J connectivity index is 1.68. The highest BCUT2D eigenvalue weighted by atomic mass is 19.1. The van der Waals surface area contributed by atoms with Gasteiger partial charge in [-0.15, -0.1) is 0 Å². The van der Waals surface area contributed by atoms with Crippen molar-refractivity contribution in [2.75, 3.05) is 5.32 Å². The van der Waals surface area contributed by atoms with E-state index >= 15 is 0 Å². The fourth-order valence-corrected chi connectivity index (χ4v) is 2.13. The summed E-state index contributed by atoms with van der Waals surface area (Å²) < 4.78 is 18.7. The Hall–Kier alpha value is -3.15. The van der Waals surface area contributed by atoms with Crippen molar-refractivity contribution >= 4 is 22.7 Å². The number of aromatic nitrogens is 1. The van der Waals surface area contributed by atoms with Crippen LogP contribution in [0.2, 0.25) is 0 Å². The molecular weight excluding hydrogens is 299 g/mol. The summed E-state index contributed by atoms with van der Waals surface area (Å²) in [4.78, 5) is 14.9. The maximum absolute atomic E-state index is 13.1. The summed E-state index contributed by atoms with van der Waals surface area (Å²) in [5, 5.41) is 11.6. The quantitative estimate of drug-likeness (QED) is 0.762. The van der Waals surface area contributed by atoms with Gasteiger partial charge in [0, 0.05) is 11.1 Å². The van der Waals surface area contributed by atoms with Gasteiger partial charge in [0.05, 0.1) is 11.2 Å². The van der Waals surface area contributed by atoms with Crippen LogP contribution < -0.4 is 10.1 Å². The molecule has 0 radical (unpaired) electrons. The third-order valence-corrected chi connectivity index (χ3v) is 3.20. The Morgan fingerprint density at radius 1 is 1.13 bits per heavy atom. The SMILES string of the molecule is O=C(O)Nc1ccc(OCc2ccc3cc(F)ccc3n2)cc1. The molecule has 5 nitrogen and oxygen atoms in total. The smallest absolute Gasteiger partial charge is 0.409 e. The maximum Gasteiger partial charge on any atom is 0.409 e. The molecule has 1 amide bonds. The molecule has 0 aliphatic carbocycles. The van der Waals surface area contributed by atoms with Crippen molar-refractivity contribution in [2.45, 2.75) is 6.61 Å². The number of nitrogens with zero attached hydrogens (tertiary/aromatic N) is 1. The molecule has 6 heteroatoms. The van der Waals surface area contributed by atoms with Crippen molar-refractivity contribution in [3.63, 3.8) is 0 Å². The number of nitrogens with one attached hydrogen (secondary N) is 1. The molecule has 0 spiro atoms. The molecule has 1 aromatic heterocycles. The van der Waals surface area contributed by atoms with Gasteiger partial charge in [-0.2, -0.15) is 0 Å². The van der Waals surface area contributed by atoms with Crippen molar-refractivity contribution < 1.29 is 19.0 Å². The van der Waals surface area contributed by atoms with Crippen molar-refractivity contribution in [1.82, 2.24) is 4.98 Å². The van der Waals surface area contributed by atoms with Gasteiger partial charge in [0.25, 0.3) is 0 Å². The molecule has 2 aromatic carbocycles. The Morgan fingerprint density at radius 2 is 1.91 bits per heavy atom. The van der Waals surface area contributed by atoms with Gasteiger partial charge in [-0.1, -0.05) is 6.07 Å². The van der Waals surface area contributed by atoms with E-state index in [0.29, 0.717) is 17.0 Å². The summed E-state index contributed by atoms with van der Waals surface area (Å²) in [6.45, 7) is 0.263. The number of anilines is 1. The Kier molecular flexibility index (Phi) is 4.05. The van der Waals surface area contributed by atoms with Crippen LogP contribution in [-0.2, 0) is 6.61 Å². The number of benzene rings is 2. The van der Waals surface area contributed by atoms with Crippen LogP contribution in [0.1, 0.15) is 5.69 Å². The number of pyridine rings is 1. The third-order valence-electron chi connectivity index (χ3n) is 3.20. The summed E-state index contributed by atoms with van der Waals surface area (Å²) in [6.07, 6.45) is -1.12. The van der Waals surface area contributed by atoms with E-state index in [9.17, 15) is 9.18 Å². The second-order valence-corrected chi connectivity index (χ2v) is 4.88. The molecule has 3 aromatic rings. The number of hydrogen-bond donors (Lipinski definition) is 2. The first-order valence-electron chi connectivity index (χ1n) is 6.88. The molecule has 23 heavy (non-hydrogen) atoms. The van der Waals surface area contributed by atoms with Gasteiger partial charge in [-0.05, 0) is 48.5 Å². The minimum atomic E-state index is -1.12. The van der Waals surface area contributed by atoms with E-state index in [1.807, 2.05) is 0 Å². The highest BCUT2D eigenvalue weighted by Gasteiger charge is 2.02. The van der Waals surface area contributed by atoms with E-state index in [4.69, 9.17) is 9.84 Å². The summed E-state index contributed by atoms with van der Waals surface area (Å²) >= 11 is 0. The lowest BCUT2D eigenvalue weighted by Gasteiger charge is -2.08. The minimum absolute atomic E-state index is 0.263. The van der Waals surface area contributed by atoms with Crippen LogP contribution in [0, 0.1) is 5.82 Å². The molecule has 0 fully saturated rings. The lowest BCUT2D eigenvalue weighted by molar-refractivity contribution is 0.209. The Labute approximate surface area is 131 Å². The second-order valence-electron chi connectivity index (χ2n) is 4.88. The number of rotatable bonds is 4. The van der Waals surface area contributed by atoms with Crippen molar-refractivity contribution in [3.05, 3.63) is 66.1 Å². The van der Waals surface area contributed by atoms with Gasteiger partial charge in [0.15, 0.2) is 0 Å². The van der Waals surface area contributed by atoms with Crippen molar-refractivity contribution in [2.24, 2.45) is 0 Å². The third kappa shape index (κ3) is 3.74. The topological polar surface area (TPSA) is 71.5 Å². The second kappa shape index (κ2) is 6.31. The molecule has 1 heterocycles. The number of carbonyl (C=O) groups is 1. The zero-order valence-electron chi connectivity index (χ0n) is 12.0.